The van der Waals surface area contributed by atoms with Crippen LogP contribution in [0.25, 0.3) is 6.08 Å². The summed E-state index contributed by atoms with van der Waals surface area (Å²) in [5.74, 6) is 1.06. The molecule has 0 saturated carbocycles. The van der Waals surface area contributed by atoms with Gasteiger partial charge in [0.1, 0.15) is 42.1 Å². The summed E-state index contributed by atoms with van der Waals surface area (Å²) in [5.41, 5.74) is 0.422. The van der Waals surface area contributed by atoms with Crippen molar-refractivity contribution in [2.45, 2.75) is 19.0 Å². The van der Waals surface area contributed by atoms with Crippen molar-refractivity contribution < 1.29 is 27.4 Å². The van der Waals surface area contributed by atoms with Crippen molar-refractivity contribution >= 4 is 38.5 Å². The van der Waals surface area contributed by atoms with E-state index in [0.717, 1.165) is 11.5 Å². The van der Waals surface area contributed by atoms with Crippen LogP contribution in [0.2, 0.25) is 0 Å². The zero-order valence-corrected chi connectivity index (χ0v) is 22.1. The van der Waals surface area contributed by atoms with Gasteiger partial charge in [-0.3, -0.25) is 10.1 Å². The van der Waals surface area contributed by atoms with E-state index < -0.39 is 15.7 Å². The molecule has 0 aliphatic carbocycles. The molecular formula is C25H26N4O6S2. The lowest BCUT2D eigenvalue weighted by Gasteiger charge is -2.09. The van der Waals surface area contributed by atoms with Crippen LogP contribution in [-0.4, -0.2) is 49.8 Å². The second-order valence-electron chi connectivity index (χ2n) is 8.13. The fraction of sp³-hybridized carbons (Fsp3) is 0.280. The summed E-state index contributed by atoms with van der Waals surface area (Å²) in [5, 5.41) is 11.5. The van der Waals surface area contributed by atoms with Crippen molar-refractivity contribution in [3.8, 4) is 23.3 Å². The van der Waals surface area contributed by atoms with Crippen molar-refractivity contribution in [3.05, 3.63) is 59.7 Å². The van der Waals surface area contributed by atoms with Crippen molar-refractivity contribution in [2.75, 3.05) is 31.4 Å². The van der Waals surface area contributed by atoms with Crippen molar-refractivity contribution in [3.63, 3.8) is 0 Å². The molecule has 3 rings (SSSR count). The Morgan fingerprint density at radius 3 is 2.43 bits per heavy atom. The first-order valence-electron chi connectivity index (χ1n) is 11.2. The van der Waals surface area contributed by atoms with Crippen molar-refractivity contribution in [2.24, 2.45) is 5.92 Å². The largest absolute Gasteiger partial charge is 0.497 e. The van der Waals surface area contributed by atoms with Crippen LogP contribution < -0.4 is 19.5 Å². The molecular weight excluding hydrogens is 516 g/mol. The smallest absolute Gasteiger partial charge is 0.268 e. The third-order valence-electron chi connectivity index (χ3n) is 4.68. The monoisotopic (exact) mass is 542 g/mol. The molecule has 1 amide bonds. The number of hydrogen-bond donors (Lipinski definition) is 1. The molecule has 0 aliphatic rings. The topological polar surface area (TPSA) is 140 Å². The van der Waals surface area contributed by atoms with Crippen molar-refractivity contribution in [1.29, 1.82) is 5.26 Å². The first-order valence-corrected chi connectivity index (χ1v) is 13.6. The number of carbonyl (C=O) groups excluding carboxylic acids is 1. The lowest BCUT2D eigenvalue weighted by atomic mass is 10.1. The average Bonchev–Trinajstić information content (AvgIpc) is 3.35. The molecule has 0 unspecified atom stereocenters. The first-order chi connectivity index (χ1) is 17.7. The van der Waals surface area contributed by atoms with Crippen molar-refractivity contribution in [1.82, 2.24) is 9.36 Å². The number of amides is 1. The van der Waals surface area contributed by atoms with Crippen LogP contribution in [0.3, 0.4) is 0 Å². The summed E-state index contributed by atoms with van der Waals surface area (Å²) in [4.78, 5) is 16.4. The van der Waals surface area contributed by atoms with E-state index in [1.54, 1.807) is 51.3 Å². The minimum absolute atomic E-state index is 0.00612. The maximum Gasteiger partial charge on any atom is 0.268 e. The normalized spacial score (nSPS) is 11.6. The van der Waals surface area contributed by atoms with Gasteiger partial charge in [-0.25, -0.2) is 8.42 Å². The van der Waals surface area contributed by atoms with E-state index in [9.17, 15) is 18.5 Å². The average molecular weight is 543 g/mol. The van der Waals surface area contributed by atoms with E-state index in [2.05, 4.69) is 14.7 Å². The Bertz CT molecular complexity index is 1390. The highest BCUT2D eigenvalue weighted by atomic mass is 32.2. The number of benzene rings is 2. The number of sulfone groups is 1. The zero-order chi connectivity index (χ0) is 26.8. The van der Waals surface area contributed by atoms with E-state index in [1.165, 1.54) is 6.08 Å². The maximum absolute atomic E-state index is 12.5. The molecule has 2 aromatic carbocycles. The lowest BCUT2D eigenvalue weighted by molar-refractivity contribution is -0.112. The Balaban J connectivity index is 1.54. The summed E-state index contributed by atoms with van der Waals surface area (Å²) in [7, 11) is -2.06. The molecule has 37 heavy (non-hydrogen) atoms. The number of ether oxygens (including phenoxy) is 3. The quantitative estimate of drug-likeness (QED) is 0.204. The Hall–Kier alpha value is -3.95. The predicted molar refractivity (Wildman–Crippen MR) is 139 cm³/mol. The Labute approximate surface area is 219 Å². The van der Waals surface area contributed by atoms with E-state index in [4.69, 9.17) is 14.2 Å². The standard InChI is InChI=1S/C25H26N4O6S2/c1-17(2)16-37(31,32)25-28-24(36-29-25)27-23(30)19(15-26)13-18-7-9-20(10-8-18)34-11-12-35-22-6-4-5-21(14-22)33-3/h4-10,13-14,17H,11-12,16H2,1-3H3,(H,27,28,29,30). The molecule has 0 bridgehead atoms. The minimum atomic E-state index is -3.65. The molecule has 1 heterocycles. The SMILES string of the molecule is COc1cccc(OCCOc2ccc(C=C(C#N)C(=O)Nc3nc(S(=O)(=O)CC(C)C)ns3)cc2)c1. The molecule has 0 aliphatic heterocycles. The van der Waals surface area contributed by atoms with E-state index in [-0.39, 0.29) is 27.5 Å². The molecule has 3 aromatic rings. The molecule has 0 saturated heterocycles. The molecule has 1 aromatic heterocycles. The summed E-state index contributed by atoms with van der Waals surface area (Å²) in [6, 6.07) is 15.9. The lowest BCUT2D eigenvalue weighted by Crippen LogP contribution is -2.15. The van der Waals surface area contributed by atoms with Gasteiger partial charge < -0.3 is 14.2 Å². The van der Waals surface area contributed by atoms with Crippen LogP contribution in [0.15, 0.2) is 59.3 Å². The molecule has 1 N–H and O–H groups in total. The molecule has 0 spiro atoms. The molecule has 0 fully saturated rings. The predicted octanol–water partition coefficient (Wildman–Crippen LogP) is 3.98. The third kappa shape index (κ3) is 8.30. The van der Waals surface area contributed by atoms with E-state index in [1.807, 2.05) is 24.3 Å². The fourth-order valence-corrected chi connectivity index (χ4v) is 5.40. The van der Waals surface area contributed by atoms with Gasteiger partial charge in [-0.15, -0.1) is 0 Å². The van der Waals surface area contributed by atoms with Gasteiger partial charge in [0.15, 0.2) is 0 Å². The second-order valence-corrected chi connectivity index (χ2v) is 10.8. The number of anilines is 1. The summed E-state index contributed by atoms with van der Waals surface area (Å²) in [6.45, 7) is 4.19. The number of nitriles is 1. The fourth-order valence-electron chi connectivity index (χ4n) is 3.05. The Kier molecular flexibility index (Phi) is 9.59. The highest BCUT2D eigenvalue weighted by Gasteiger charge is 2.23. The van der Waals surface area contributed by atoms with Crippen LogP contribution in [0, 0.1) is 17.2 Å². The maximum atomic E-state index is 12.5. The molecule has 0 atom stereocenters. The Morgan fingerprint density at radius 2 is 1.78 bits per heavy atom. The van der Waals surface area contributed by atoms with Crippen LogP contribution in [-0.2, 0) is 14.6 Å². The van der Waals surface area contributed by atoms with E-state index in [0.29, 0.717) is 36.0 Å². The van der Waals surface area contributed by atoms with Gasteiger partial charge in [0.25, 0.3) is 11.1 Å². The number of carbonyl (C=O) groups is 1. The minimum Gasteiger partial charge on any atom is -0.497 e. The van der Waals surface area contributed by atoms with Crippen LogP contribution in [0.5, 0.6) is 17.2 Å². The number of methoxy groups -OCH3 is 1. The van der Waals surface area contributed by atoms with Crippen LogP contribution in [0.1, 0.15) is 19.4 Å². The molecule has 0 radical (unpaired) electrons. The highest BCUT2D eigenvalue weighted by Crippen LogP contribution is 2.20. The van der Waals surface area contributed by atoms with Gasteiger partial charge in [-0.05, 0) is 41.8 Å². The number of nitrogens with one attached hydrogen (secondary N) is 1. The highest BCUT2D eigenvalue weighted by molar-refractivity contribution is 7.91. The van der Waals surface area contributed by atoms with Gasteiger partial charge in [-0.1, -0.05) is 32.0 Å². The van der Waals surface area contributed by atoms with Crippen LogP contribution in [0.4, 0.5) is 5.13 Å². The number of nitrogens with zero attached hydrogens (tertiary/aromatic N) is 3. The van der Waals surface area contributed by atoms with Gasteiger partial charge in [0.2, 0.25) is 15.0 Å². The molecule has 194 valence electrons. The first kappa shape index (κ1) is 27.6. The number of aromatic nitrogens is 2. The van der Waals surface area contributed by atoms with Crippen LogP contribution >= 0.6 is 11.5 Å². The second kappa shape index (κ2) is 12.8. The molecule has 12 heteroatoms. The van der Waals surface area contributed by atoms with E-state index >= 15 is 0 Å². The Morgan fingerprint density at radius 1 is 1.11 bits per heavy atom. The summed E-state index contributed by atoms with van der Waals surface area (Å²) in [6.07, 6.45) is 1.41. The van der Waals surface area contributed by atoms with Gasteiger partial charge in [-0.2, -0.15) is 14.6 Å². The van der Waals surface area contributed by atoms with Gasteiger partial charge >= 0.3 is 0 Å². The summed E-state index contributed by atoms with van der Waals surface area (Å²) < 4.78 is 44.8. The van der Waals surface area contributed by atoms with Gasteiger partial charge in [0, 0.05) is 17.6 Å². The third-order valence-corrected chi connectivity index (χ3v) is 7.27. The van der Waals surface area contributed by atoms with Gasteiger partial charge in [0.05, 0.1) is 12.9 Å². The number of hydrogen-bond acceptors (Lipinski definition) is 10. The molecule has 10 nitrogen and oxygen atoms in total. The zero-order valence-electron chi connectivity index (χ0n) is 20.5. The number of rotatable bonds is 12. The summed E-state index contributed by atoms with van der Waals surface area (Å²) >= 11 is 0.736.